The van der Waals surface area contributed by atoms with Crippen molar-refractivity contribution in [1.29, 1.82) is 0 Å². The molecule has 0 aliphatic carbocycles. The second-order valence-corrected chi connectivity index (χ2v) is 7.49. The number of piperidine rings is 2. The fraction of sp³-hybridized carbons (Fsp3) is 0.476. The lowest BCUT2D eigenvalue weighted by Crippen LogP contribution is -2.56. The molecule has 1 aromatic heterocycles. The van der Waals surface area contributed by atoms with Crippen molar-refractivity contribution in [3.05, 3.63) is 48.4 Å². The molecule has 144 valence electrons. The van der Waals surface area contributed by atoms with Crippen molar-refractivity contribution in [2.24, 2.45) is 0 Å². The van der Waals surface area contributed by atoms with Crippen molar-refractivity contribution in [2.75, 3.05) is 12.4 Å². The number of carbonyl (C=O) groups is 1. The summed E-state index contributed by atoms with van der Waals surface area (Å²) in [5.74, 6) is 1.75. The molecule has 2 amide bonds. The third-order valence-electron chi connectivity index (χ3n) is 5.71. The predicted octanol–water partition coefficient (Wildman–Crippen LogP) is 4.00. The Morgan fingerprint density at radius 3 is 2.74 bits per heavy atom. The molecule has 2 unspecified atom stereocenters. The third kappa shape index (κ3) is 4.27. The first-order chi connectivity index (χ1) is 13.2. The van der Waals surface area contributed by atoms with Crippen LogP contribution in [0, 0.1) is 0 Å². The molecule has 0 radical (unpaired) electrons. The topological polar surface area (TPSA) is 66.7 Å². The molecule has 2 aromatic rings. The number of anilines is 1. The Bertz CT molecular complexity index is 748. The molecule has 2 bridgehead atoms. The van der Waals surface area contributed by atoms with Gasteiger partial charge in [0.1, 0.15) is 11.5 Å². The fourth-order valence-electron chi connectivity index (χ4n) is 4.49. The SMILES string of the molecule is COc1cccc(NC(=O)NC2CC3CCCC(C2)N3Cc2ccco2)c1. The number of ether oxygens (including phenoxy) is 1. The molecule has 2 aliphatic rings. The minimum Gasteiger partial charge on any atom is -0.497 e. The normalized spacial score (nSPS) is 25.0. The van der Waals surface area contributed by atoms with E-state index < -0.39 is 0 Å². The zero-order valence-corrected chi connectivity index (χ0v) is 15.7. The Morgan fingerprint density at radius 1 is 1.22 bits per heavy atom. The van der Waals surface area contributed by atoms with E-state index in [0.29, 0.717) is 12.1 Å². The zero-order valence-electron chi connectivity index (χ0n) is 15.7. The first kappa shape index (κ1) is 17.9. The van der Waals surface area contributed by atoms with E-state index in [-0.39, 0.29) is 12.1 Å². The number of fused-ring (bicyclic) bond motifs is 2. The Kier molecular flexibility index (Phi) is 5.34. The molecule has 2 N–H and O–H groups in total. The number of benzene rings is 1. The van der Waals surface area contributed by atoms with Gasteiger partial charge in [-0.15, -0.1) is 0 Å². The van der Waals surface area contributed by atoms with Crippen molar-refractivity contribution in [3.63, 3.8) is 0 Å². The Hall–Kier alpha value is -2.47. The van der Waals surface area contributed by atoms with Gasteiger partial charge in [-0.2, -0.15) is 0 Å². The van der Waals surface area contributed by atoms with E-state index in [2.05, 4.69) is 15.5 Å². The van der Waals surface area contributed by atoms with Crippen molar-refractivity contribution in [2.45, 2.75) is 56.8 Å². The smallest absolute Gasteiger partial charge is 0.319 e. The lowest BCUT2D eigenvalue weighted by atomic mass is 9.81. The van der Waals surface area contributed by atoms with Gasteiger partial charge in [-0.25, -0.2) is 4.79 Å². The highest BCUT2D eigenvalue weighted by molar-refractivity contribution is 5.89. The summed E-state index contributed by atoms with van der Waals surface area (Å²) in [6.07, 6.45) is 7.36. The van der Waals surface area contributed by atoms with Crippen LogP contribution >= 0.6 is 0 Å². The van der Waals surface area contributed by atoms with Gasteiger partial charge in [-0.05, 0) is 49.9 Å². The van der Waals surface area contributed by atoms with Crippen LogP contribution in [0.25, 0.3) is 0 Å². The van der Waals surface area contributed by atoms with Crippen LogP contribution in [0.1, 0.15) is 37.9 Å². The summed E-state index contributed by atoms with van der Waals surface area (Å²) in [6, 6.07) is 12.5. The molecule has 2 fully saturated rings. The summed E-state index contributed by atoms with van der Waals surface area (Å²) < 4.78 is 10.8. The number of hydrogen-bond donors (Lipinski definition) is 2. The number of furan rings is 1. The van der Waals surface area contributed by atoms with Gasteiger partial charge in [0.15, 0.2) is 0 Å². The summed E-state index contributed by atoms with van der Waals surface area (Å²) in [6.45, 7) is 0.866. The summed E-state index contributed by atoms with van der Waals surface area (Å²) in [5, 5.41) is 6.09. The highest BCUT2D eigenvalue weighted by Gasteiger charge is 2.38. The van der Waals surface area contributed by atoms with E-state index in [1.165, 1.54) is 19.3 Å². The molecule has 2 atom stereocenters. The van der Waals surface area contributed by atoms with Gasteiger partial charge >= 0.3 is 6.03 Å². The van der Waals surface area contributed by atoms with Crippen LogP contribution in [-0.4, -0.2) is 36.2 Å². The van der Waals surface area contributed by atoms with Crippen molar-refractivity contribution < 1.29 is 13.9 Å². The van der Waals surface area contributed by atoms with Crippen LogP contribution in [0.3, 0.4) is 0 Å². The van der Waals surface area contributed by atoms with E-state index in [1.807, 2.05) is 36.4 Å². The summed E-state index contributed by atoms with van der Waals surface area (Å²) in [4.78, 5) is 15.0. The number of nitrogens with zero attached hydrogens (tertiary/aromatic N) is 1. The Morgan fingerprint density at radius 2 is 2.04 bits per heavy atom. The van der Waals surface area contributed by atoms with E-state index in [9.17, 15) is 4.79 Å². The maximum Gasteiger partial charge on any atom is 0.319 e. The number of hydrogen-bond acceptors (Lipinski definition) is 4. The summed E-state index contributed by atoms with van der Waals surface area (Å²) in [5.41, 5.74) is 0.738. The van der Waals surface area contributed by atoms with Gasteiger partial charge in [0, 0.05) is 29.9 Å². The van der Waals surface area contributed by atoms with E-state index in [0.717, 1.165) is 36.6 Å². The minimum atomic E-state index is -0.147. The average Bonchev–Trinajstić information content (AvgIpc) is 3.15. The van der Waals surface area contributed by atoms with Crippen molar-refractivity contribution in [1.82, 2.24) is 10.2 Å². The van der Waals surface area contributed by atoms with E-state index in [1.54, 1.807) is 13.4 Å². The van der Waals surface area contributed by atoms with Crippen molar-refractivity contribution in [3.8, 4) is 5.75 Å². The third-order valence-corrected chi connectivity index (χ3v) is 5.71. The van der Waals surface area contributed by atoms with Gasteiger partial charge in [0.25, 0.3) is 0 Å². The summed E-state index contributed by atoms with van der Waals surface area (Å²) in [7, 11) is 1.62. The summed E-state index contributed by atoms with van der Waals surface area (Å²) >= 11 is 0. The van der Waals surface area contributed by atoms with Gasteiger partial charge < -0.3 is 19.8 Å². The molecule has 4 rings (SSSR count). The number of urea groups is 1. The zero-order chi connectivity index (χ0) is 18.6. The van der Waals surface area contributed by atoms with Gasteiger partial charge in [-0.1, -0.05) is 12.5 Å². The maximum absolute atomic E-state index is 12.4. The number of rotatable bonds is 5. The van der Waals surface area contributed by atoms with Gasteiger partial charge in [-0.3, -0.25) is 4.90 Å². The molecule has 2 saturated heterocycles. The maximum atomic E-state index is 12.4. The second-order valence-electron chi connectivity index (χ2n) is 7.49. The van der Waals surface area contributed by atoms with Crippen LogP contribution in [0.4, 0.5) is 10.5 Å². The van der Waals surface area contributed by atoms with Crippen LogP contribution in [0.15, 0.2) is 47.1 Å². The number of nitrogens with one attached hydrogen (secondary N) is 2. The van der Waals surface area contributed by atoms with Crippen LogP contribution < -0.4 is 15.4 Å². The number of methoxy groups -OCH3 is 1. The largest absolute Gasteiger partial charge is 0.497 e. The predicted molar refractivity (Wildman–Crippen MR) is 104 cm³/mol. The highest BCUT2D eigenvalue weighted by atomic mass is 16.5. The molecule has 0 saturated carbocycles. The van der Waals surface area contributed by atoms with Crippen LogP contribution in [-0.2, 0) is 6.54 Å². The highest BCUT2D eigenvalue weighted by Crippen LogP contribution is 2.35. The Labute approximate surface area is 159 Å². The van der Waals surface area contributed by atoms with Crippen molar-refractivity contribution >= 4 is 11.7 Å². The molecular formula is C21H27N3O3. The van der Waals surface area contributed by atoms with Gasteiger partial charge in [0.2, 0.25) is 0 Å². The molecule has 6 nitrogen and oxygen atoms in total. The van der Waals surface area contributed by atoms with E-state index >= 15 is 0 Å². The molecule has 6 heteroatoms. The quantitative estimate of drug-likeness (QED) is 0.836. The second kappa shape index (κ2) is 8.05. The first-order valence-electron chi connectivity index (χ1n) is 9.71. The number of amides is 2. The lowest BCUT2D eigenvalue weighted by molar-refractivity contribution is 0.0150. The fourth-order valence-corrected chi connectivity index (χ4v) is 4.49. The first-order valence-corrected chi connectivity index (χ1v) is 9.71. The average molecular weight is 369 g/mol. The van der Waals surface area contributed by atoms with Gasteiger partial charge in [0.05, 0.1) is 19.9 Å². The lowest BCUT2D eigenvalue weighted by Gasteiger charge is -2.48. The van der Waals surface area contributed by atoms with Crippen LogP contribution in [0.2, 0.25) is 0 Å². The monoisotopic (exact) mass is 369 g/mol. The van der Waals surface area contributed by atoms with E-state index in [4.69, 9.17) is 9.15 Å². The molecule has 3 heterocycles. The molecule has 1 aromatic carbocycles. The van der Waals surface area contributed by atoms with Crippen LogP contribution in [0.5, 0.6) is 5.75 Å². The standard InChI is InChI=1S/C21H27N3O3/c1-26-19-8-2-5-15(13-19)22-21(25)23-16-11-17-6-3-7-18(12-16)24(17)14-20-9-4-10-27-20/h2,4-5,8-10,13,16-18H,3,6-7,11-12,14H2,1H3,(H2,22,23,25). The minimum absolute atomic E-state index is 0.147. The molecule has 2 aliphatic heterocycles. The number of carbonyl (C=O) groups excluding carboxylic acids is 1. The molecule has 27 heavy (non-hydrogen) atoms. The molecule has 0 spiro atoms. The molecular weight excluding hydrogens is 342 g/mol. The Balaban J connectivity index is 1.34.